The highest BCUT2D eigenvalue weighted by Gasteiger charge is 2.12. The zero-order valence-electron chi connectivity index (χ0n) is 10.4. The number of hydrogen-bond donors (Lipinski definition) is 3. The van der Waals surface area contributed by atoms with Crippen molar-refractivity contribution < 1.29 is 9.90 Å². The fourth-order valence-corrected chi connectivity index (χ4v) is 1.59. The van der Waals surface area contributed by atoms with Crippen LogP contribution in [-0.4, -0.2) is 24.3 Å². The molecule has 0 fully saturated rings. The number of urea groups is 1. The lowest BCUT2D eigenvalue weighted by Gasteiger charge is -2.17. The van der Waals surface area contributed by atoms with Crippen LogP contribution < -0.4 is 10.6 Å². The third-order valence-electron chi connectivity index (χ3n) is 2.62. The standard InChI is InChI=1S/C13H20N2O2/c1-3-10-5-7-11(8-6-10)12(9-16)15-13(17)14-4-2/h5-8,12,16H,3-4,9H2,1-2H3,(H2,14,15,17). The Kier molecular flexibility index (Phi) is 5.49. The number of rotatable bonds is 5. The minimum Gasteiger partial charge on any atom is -0.394 e. The van der Waals surface area contributed by atoms with Crippen molar-refractivity contribution >= 4 is 6.03 Å². The molecule has 1 atom stereocenters. The van der Waals surface area contributed by atoms with Crippen molar-refractivity contribution in [2.75, 3.05) is 13.2 Å². The topological polar surface area (TPSA) is 61.4 Å². The van der Waals surface area contributed by atoms with Crippen molar-refractivity contribution in [3.8, 4) is 0 Å². The van der Waals surface area contributed by atoms with Gasteiger partial charge < -0.3 is 15.7 Å². The maximum atomic E-state index is 11.4. The molecule has 1 rings (SSSR count). The van der Waals surface area contributed by atoms with Crippen LogP contribution >= 0.6 is 0 Å². The molecule has 0 heterocycles. The number of aliphatic hydroxyl groups excluding tert-OH is 1. The molecule has 0 saturated carbocycles. The number of amides is 2. The molecule has 1 aromatic carbocycles. The first-order chi connectivity index (χ1) is 8.21. The van der Waals surface area contributed by atoms with E-state index in [2.05, 4.69) is 17.6 Å². The van der Waals surface area contributed by atoms with Crippen LogP contribution in [0.5, 0.6) is 0 Å². The summed E-state index contributed by atoms with van der Waals surface area (Å²) in [6, 6.07) is 7.28. The van der Waals surface area contributed by atoms with Gasteiger partial charge in [0.05, 0.1) is 12.6 Å². The summed E-state index contributed by atoms with van der Waals surface area (Å²) in [5.74, 6) is 0. The molecule has 94 valence electrons. The van der Waals surface area contributed by atoms with Gasteiger partial charge in [0.25, 0.3) is 0 Å². The molecule has 0 bridgehead atoms. The smallest absolute Gasteiger partial charge is 0.315 e. The summed E-state index contributed by atoms with van der Waals surface area (Å²) in [6.45, 7) is 4.40. The van der Waals surface area contributed by atoms with E-state index in [1.807, 2.05) is 31.2 Å². The third-order valence-corrected chi connectivity index (χ3v) is 2.62. The Morgan fingerprint density at radius 3 is 2.41 bits per heavy atom. The maximum Gasteiger partial charge on any atom is 0.315 e. The number of nitrogens with one attached hydrogen (secondary N) is 2. The van der Waals surface area contributed by atoms with Crippen LogP contribution in [0.3, 0.4) is 0 Å². The van der Waals surface area contributed by atoms with E-state index < -0.39 is 0 Å². The monoisotopic (exact) mass is 236 g/mol. The second kappa shape index (κ2) is 6.91. The van der Waals surface area contributed by atoms with E-state index in [1.165, 1.54) is 5.56 Å². The molecule has 1 unspecified atom stereocenters. The number of hydrogen-bond acceptors (Lipinski definition) is 2. The van der Waals surface area contributed by atoms with Crippen LogP contribution in [0.15, 0.2) is 24.3 Å². The SMILES string of the molecule is CCNC(=O)NC(CO)c1ccc(CC)cc1. The molecule has 0 aromatic heterocycles. The summed E-state index contributed by atoms with van der Waals surface area (Å²) in [5.41, 5.74) is 2.15. The zero-order chi connectivity index (χ0) is 12.7. The first-order valence-corrected chi connectivity index (χ1v) is 5.95. The van der Waals surface area contributed by atoms with Gasteiger partial charge in [-0.2, -0.15) is 0 Å². The number of benzene rings is 1. The molecule has 0 aliphatic heterocycles. The average molecular weight is 236 g/mol. The quantitative estimate of drug-likeness (QED) is 0.727. The molecule has 4 heteroatoms. The van der Waals surface area contributed by atoms with E-state index in [4.69, 9.17) is 0 Å². The first-order valence-electron chi connectivity index (χ1n) is 5.95. The summed E-state index contributed by atoms with van der Waals surface area (Å²) in [7, 11) is 0. The van der Waals surface area contributed by atoms with E-state index in [0.717, 1.165) is 12.0 Å². The van der Waals surface area contributed by atoms with Crippen molar-refractivity contribution in [3.63, 3.8) is 0 Å². The molecule has 0 radical (unpaired) electrons. The second-order valence-corrected chi connectivity index (χ2v) is 3.83. The van der Waals surface area contributed by atoms with E-state index >= 15 is 0 Å². The molecule has 3 N–H and O–H groups in total. The lowest BCUT2D eigenvalue weighted by Crippen LogP contribution is -2.39. The highest BCUT2D eigenvalue weighted by atomic mass is 16.3. The summed E-state index contributed by atoms with van der Waals surface area (Å²) >= 11 is 0. The number of aryl methyl sites for hydroxylation is 1. The van der Waals surface area contributed by atoms with E-state index in [1.54, 1.807) is 0 Å². The van der Waals surface area contributed by atoms with E-state index in [9.17, 15) is 9.90 Å². The van der Waals surface area contributed by atoms with Crippen LogP contribution in [0.2, 0.25) is 0 Å². The third kappa shape index (κ3) is 4.07. The Hall–Kier alpha value is -1.55. The van der Waals surface area contributed by atoms with E-state index in [0.29, 0.717) is 6.54 Å². The molecule has 0 aliphatic rings. The molecule has 2 amide bonds. The number of carbonyl (C=O) groups is 1. The van der Waals surface area contributed by atoms with Gasteiger partial charge in [-0.25, -0.2) is 4.79 Å². The van der Waals surface area contributed by atoms with Gasteiger partial charge in [0.1, 0.15) is 0 Å². The Labute approximate surface area is 102 Å². The predicted octanol–water partition coefficient (Wildman–Crippen LogP) is 1.60. The van der Waals surface area contributed by atoms with Gasteiger partial charge in [0, 0.05) is 6.54 Å². The molecule has 17 heavy (non-hydrogen) atoms. The van der Waals surface area contributed by atoms with Gasteiger partial charge in [-0.3, -0.25) is 0 Å². The molecule has 4 nitrogen and oxygen atoms in total. The zero-order valence-corrected chi connectivity index (χ0v) is 10.4. The molecular formula is C13H20N2O2. The van der Waals surface area contributed by atoms with Gasteiger partial charge in [0.15, 0.2) is 0 Å². The molecule has 0 aliphatic carbocycles. The first kappa shape index (κ1) is 13.5. The summed E-state index contributed by atoms with van der Waals surface area (Å²) in [4.78, 5) is 11.4. The van der Waals surface area contributed by atoms with Gasteiger partial charge >= 0.3 is 6.03 Å². The van der Waals surface area contributed by atoms with Crippen molar-refractivity contribution in [2.24, 2.45) is 0 Å². The summed E-state index contributed by atoms with van der Waals surface area (Å²) < 4.78 is 0. The molecular weight excluding hydrogens is 216 g/mol. The van der Waals surface area contributed by atoms with Crippen LogP contribution in [0.4, 0.5) is 4.79 Å². The fraction of sp³-hybridized carbons (Fsp3) is 0.462. The normalized spacial score (nSPS) is 11.9. The fourth-order valence-electron chi connectivity index (χ4n) is 1.59. The lowest BCUT2D eigenvalue weighted by molar-refractivity contribution is 0.217. The van der Waals surface area contributed by atoms with Crippen molar-refractivity contribution in [1.82, 2.24) is 10.6 Å². The van der Waals surface area contributed by atoms with Gasteiger partial charge in [0.2, 0.25) is 0 Å². The van der Waals surface area contributed by atoms with Crippen molar-refractivity contribution in [1.29, 1.82) is 0 Å². The predicted molar refractivity (Wildman–Crippen MR) is 67.9 cm³/mol. The Bertz CT molecular complexity index is 349. The minimum absolute atomic E-state index is 0.109. The Morgan fingerprint density at radius 2 is 1.94 bits per heavy atom. The number of aliphatic hydroxyl groups is 1. The molecule has 1 aromatic rings. The number of carbonyl (C=O) groups excluding carboxylic acids is 1. The van der Waals surface area contributed by atoms with Crippen molar-refractivity contribution in [2.45, 2.75) is 26.3 Å². The minimum atomic E-state index is -0.354. The highest BCUT2D eigenvalue weighted by Crippen LogP contribution is 2.13. The van der Waals surface area contributed by atoms with Crippen molar-refractivity contribution in [3.05, 3.63) is 35.4 Å². The van der Waals surface area contributed by atoms with E-state index in [-0.39, 0.29) is 18.7 Å². The van der Waals surface area contributed by atoms with Crippen LogP contribution in [0, 0.1) is 0 Å². The highest BCUT2D eigenvalue weighted by molar-refractivity contribution is 5.74. The summed E-state index contributed by atoms with van der Waals surface area (Å²) in [5, 5.41) is 14.6. The van der Waals surface area contributed by atoms with Crippen LogP contribution in [-0.2, 0) is 6.42 Å². The Balaban J connectivity index is 2.68. The Morgan fingerprint density at radius 1 is 1.29 bits per heavy atom. The van der Waals surface area contributed by atoms with Crippen LogP contribution in [0.25, 0.3) is 0 Å². The lowest BCUT2D eigenvalue weighted by atomic mass is 10.0. The maximum absolute atomic E-state index is 11.4. The largest absolute Gasteiger partial charge is 0.394 e. The van der Waals surface area contributed by atoms with Gasteiger partial charge in [-0.15, -0.1) is 0 Å². The van der Waals surface area contributed by atoms with Gasteiger partial charge in [-0.05, 0) is 24.5 Å². The molecule has 0 spiro atoms. The van der Waals surface area contributed by atoms with Gasteiger partial charge in [-0.1, -0.05) is 31.2 Å². The second-order valence-electron chi connectivity index (χ2n) is 3.83. The molecule has 0 saturated heterocycles. The van der Waals surface area contributed by atoms with Crippen LogP contribution in [0.1, 0.15) is 31.0 Å². The average Bonchev–Trinajstić information content (AvgIpc) is 2.36. The summed E-state index contributed by atoms with van der Waals surface area (Å²) in [6.07, 6.45) is 0.980.